The van der Waals surface area contributed by atoms with Crippen LogP contribution in [-0.2, 0) is 40.2 Å². The Kier molecular flexibility index (Phi) is 12.1. The molecule has 1 aromatic carbocycles. The van der Waals surface area contributed by atoms with E-state index in [1.807, 2.05) is 6.08 Å². The molecule has 3 aliphatic heterocycles. The number of sulfone groups is 1. The molecular formula is C44H59F2N5O11S2. The van der Waals surface area contributed by atoms with Crippen molar-refractivity contribution < 1.29 is 59.4 Å². The number of pyridine rings is 1. The van der Waals surface area contributed by atoms with Crippen molar-refractivity contribution in [2.24, 2.45) is 5.92 Å². The number of carbonyl (C=O) groups excluding carboxylic acids is 3. The van der Waals surface area contributed by atoms with Gasteiger partial charge in [-0.15, -0.1) is 0 Å². The van der Waals surface area contributed by atoms with E-state index in [0.717, 1.165) is 16.1 Å². The summed E-state index contributed by atoms with van der Waals surface area (Å²) in [7, 11) is -6.34. The number of methoxy groups -OCH3 is 1. The molecule has 20 heteroatoms. The molecule has 0 bridgehead atoms. The van der Waals surface area contributed by atoms with Crippen LogP contribution in [0.3, 0.4) is 0 Å². The van der Waals surface area contributed by atoms with E-state index in [4.69, 9.17) is 14.5 Å². The van der Waals surface area contributed by atoms with Crippen molar-refractivity contribution >= 4 is 54.6 Å². The molecule has 4 amide bonds. The number of amides is 4. The Labute approximate surface area is 372 Å². The van der Waals surface area contributed by atoms with Crippen molar-refractivity contribution in [1.29, 1.82) is 0 Å². The SMILES string of the molecule is COc1ccc2nc(C(C)C)c3c(c2c1)C(F)(F)C[C@]1(C[C@H]2C(=O)N[C@]4(C(=O)NS(=O)(=O)C5(C)CC5)C[C@H]4/C=C\CCCCC[C@H](N(C(=O)O)C(C)(C)CCS(C)(=O)=O)C(=O)N2C1)O3. The van der Waals surface area contributed by atoms with Crippen molar-refractivity contribution in [2.75, 3.05) is 25.7 Å². The molecule has 352 valence electrons. The van der Waals surface area contributed by atoms with Crippen LogP contribution in [0.5, 0.6) is 11.5 Å². The number of fused-ring (bicyclic) bond motifs is 5. The number of benzene rings is 1. The van der Waals surface area contributed by atoms with E-state index in [-0.39, 0.29) is 41.6 Å². The molecule has 3 N–H and O–H groups in total. The highest BCUT2D eigenvalue weighted by atomic mass is 32.2. The summed E-state index contributed by atoms with van der Waals surface area (Å²) in [6, 6.07) is 1.51. The first-order valence-corrected chi connectivity index (χ1v) is 25.4. The third-order valence-electron chi connectivity index (χ3n) is 13.8. The Bertz CT molecular complexity index is 2510. The zero-order chi connectivity index (χ0) is 47.0. The molecule has 1 saturated heterocycles. The monoisotopic (exact) mass is 935 g/mol. The molecule has 64 heavy (non-hydrogen) atoms. The van der Waals surface area contributed by atoms with E-state index in [2.05, 4.69) is 10.0 Å². The lowest BCUT2D eigenvalue weighted by molar-refractivity contribution is -0.145. The Morgan fingerprint density at radius 2 is 1.83 bits per heavy atom. The van der Waals surface area contributed by atoms with Gasteiger partial charge in [-0.25, -0.2) is 35.4 Å². The number of allylic oxidation sites excluding steroid dienone is 1. The summed E-state index contributed by atoms with van der Waals surface area (Å²) in [4.78, 5) is 64.4. The average Bonchev–Trinajstić information content (AvgIpc) is 4.08. The Hall–Kier alpha value is -4.59. The number of alkyl halides is 2. The Morgan fingerprint density at radius 1 is 1.12 bits per heavy atom. The summed E-state index contributed by atoms with van der Waals surface area (Å²) in [5.41, 5.74) is -5.11. The first kappa shape index (κ1) is 47.4. The second-order valence-corrected chi connectivity index (χ2v) is 24.1. The molecule has 5 atom stereocenters. The van der Waals surface area contributed by atoms with Crippen LogP contribution in [0.4, 0.5) is 13.6 Å². The van der Waals surface area contributed by atoms with Gasteiger partial charge >= 0.3 is 6.09 Å². The van der Waals surface area contributed by atoms with Gasteiger partial charge in [0.25, 0.3) is 11.8 Å². The van der Waals surface area contributed by atoms with E-state index in [9.17, 15) is 36.3 Å². The quantitative estimate of drug-likeness (QED) is 0.251. The number of aromatic nitrogens is 1. The van der Waals surface area contributed by atoms with Crippen LogP contribution in [0.1, 0.15) is 122 Å². The van der Waals surface area contributed by atoms with Crippen molar-refractivity contribution in [1.82, 2.24) is 24.8 Å². The van der Waals surface area contributed by atoms with Gasteiger partial charge in [-0.1, -0.05) is 38.8 Å². The minimum Gasteiger partial charge on any atom is -0.497 e. The Balaban J connectivity index is 1.35. The highest BCUT2D eigenvalue weighted by Gasteiger charge is 2.65. The summed E-state index contributed by atoms with van der Waals surface area (Å²) >= 11 is 0. The van der Waals surface area contributed by atoms with Gasteiger partial charge in [0.2, 0.25) is 21.8 Å². The molecule has 1 spiro atoms. The molecule has 3 fully saturated rings. The number of halogens is 2. The lowest BCUT2D eigenvalue weighted by atomic mass is 9.83. The van der Waals surface area contributed by atoms with Crippen LogP contribution in [0.2, 0.25) is 0 Å². The van der Waals surface area contributed by atoms with Gasteiger partial charge in [-0.3, -0.25) is 24.0 Å². The van der Waals surface area contributed by atoms with Crippen molar-refractivity contribution in [3.63, 3.8) is 0 Å². The van der Waals surface area contributed by atoms with Crippen molar-refractivity contribution in [3.05, 3.63) is 41.6 Å². The van der Waals surface area contributed by atoms with E-state index >= 15 is 13.6 Å². The fraction of sp³-hybridized carbons (Fsp3) is 0.659. The van der Waals surface area contributed by atoms with E-state index < -0.39 is 126 Å². The first-order chi connectivity index (χ1) is 29.7. The van der Waals surface area contributed by atoms with E-state index in [0.29, 0.717) is 44.3 Å². The molecule has 2 aliphatic carbocycles. The first-order valence-electron chi connectivity index (χ1n) is 21.8. The maximum Gasteiger partial charge on any atom is 0.408 e. The van der Waals surface area contributed by atoms with Crippen LogP contribution >= 0.6 is 0 Å². The summed E-state index contributed by atoms with van der Waals surface area (Å²) in [6.45, 7) is 7.45. The van der Waals surface area contributed by atoms with Gasteiger partial charge in [0.05, 0.1) is 47.3 Å². The maximum atomic E-state index is 17.2. The van der Waals surface area contributed by atoms with Crippen molar-refractivity contribution in [2.45, 2.75) is 151 Å². The number of carboxylic acid groups (broad SMARTS) is 1. The molecule has 16 nitrogen and oxygen atoms in total. The molecule has 0 radical (unpaired) electrons. The molecule has 4 heterocycles. The molecule has 7 rings (SSSR count). The highest BCUT2D eigenvalue weighted by molar-refractivity contribution is 7.91. The zero-order valence-corrected chi connectivity index (χ0v) is 39.0. The number of ether oxygens (including phenoxy) is 2. The predicted molar refractivity (Wildman–Crippen MR) is 232 cm³/mol. The molecule has 0 unspecified atom stereocenters. The zero-order valence-electron chi connectivity index (χ0n) is 37.3. The lowest BCUT2D eigenvalue weighted by Gasteiger charge is -2.43. The van der Waals surface area contributed by atoms with Crippen LogP contribution in [0.25, 0.3) is 10.9 Å². The smallest absolute Gasteiger partial charge is 0.408 e. The summed E-state index contributed by atoms with van der Waals surface area (Å²) < 4.78 is 98.9. The van der Waals surface area contributed by atoms with Gasteiger partial charge in [0.1, 0.15) is 38.8 Å². The number of sulfonamides is 1. The number of hydrogen-bond donors (Lipinski definition) is 3. The van der Waals surface area contributed by atoms with Gasteiger partial charge < -0.3 is 24.8 Å². The largest absolute Gasteiger partial charge is 0.497 e. The number of nitrogens with zero attached hydrogens (tertiary/aromatic N) is 3. The second-order valence-electron chi connectivity index (χ2n) is 19.7. The van der Waals surface area contributed by atoms with Crippen molar-refractivity contribution in [3.8, 4) is 11.5 Å². The van der Waals surface area contributed by atoms with Gasteiger partial charge in [0.15, 0.2) is 5.75 Å². The molecule has 5 aliphatic rings. The molecule has 1 aromatic heterocycles. The van der Waals surface area contributed by atoms with Gasteiger partial charge in [-0.05, 0) is 89.8 Å². The molecule has 2 saturated carbocycles. The second kappa shape index (κ2) is 16.4. The average molecular weight is 936 g/mol. The van der Waals surface area contributed by atoms with E-state index in [1.54, 1.807) is 32.1 Å². The summed E-state index contributed by atoms with van der Waals surface area (Å²) in [5.74, 6) is -7.82. The predicted octanol–water partition coefficient (Wildman–Crippen LogP) is 5.54. The number of rotatable bonds is 10. The number of hydrogen-bond acceptors (Lipinski definition) is 11. The molecular weight excluding hydrogens is 877 g/mol. The third-order valence-corrected chi connectivity index (χ3v) is 16.9. The van der Waals surface area contributed by atoms with Crippen LogP contribution in [0.15, 0.2) is 30.4 Å². The van der Waals surface area contributed by atoms with Crippen LogP contribution in [-0.4, -0.2) is 120 Å². The normalized spacial score (nSPS) is 28.4. The van der Waals surface area contributed by atoms with E-state index in [1.165, 1.54) is 33.9 Å². The standard InChI is InChI=1S/C44H59F2N5O11S2/c1-26(2)34-35-33(29-21-28(61-6)15-16-30(29)47-34)44(45,46)24-42(62-35)23-32-36(52)48-43(38(54)49-64(59,60)41(5)17-18-41)22-27(43)13-11-9-8-10-12-14-31(37(53)50(32)25-42)51(39(55)56)40(3,4)19-20-63(7,57)58/h11,13,15-16,21,26-27,31-32H,8-10,12,14,17-20,22-25H2,1-7H3,(H,48,52)(H,49,54)(H,55,56)/b13-11-/t27-,31+,32+,42+,43-/m1/s1. The minimum absolute atomic E-state index is 0.0188. The summed E-state index contributed by atoms with van der Waals surface area (Å²) in [5, 5.41) is 13.7. The topological polar surface area (TPSA) is 219 Å². The Morgan fingerprint density at radius 3 is 2.45 bits per heavy atom. The lowest BCUT2D eigenvalue weighted by Crippen LogP contribution is -2.61. The van der Waals surface area contributed by atoms with Crippen LogP contribution < -0.4 is 19.5 Å². The number of carbonyl (C=O) groups is 4. The fourth-order valence-corrected chi connectivity index (χ4v) is 11.8. The molecule has 2 aromatic rings. The highest BCUT2D eigenvalue weighted by Crippen LogP contribution is 2.56. The van der Waals surface area contributed by atoms with Gasteiger partial charge in [-0.2, -0.15) is 0 Å². The third kappa shape index (κ3) is 8.88. The fourth-order valence-electron chi connectivity index (χ4n) is 9.62. The maximum absolute atomic E-state index is 17.2. The number of nitrogens with one attached hydrogen (secondary N) is 2. The minimum atomic E-state index is -4.16. The van der Waals surface area contributed by atoms with Gasteiger partial charge in [0, 0.05) is 29.5 Å². The summed E-state index contributed by atoms with van der Waals surface area (Å²) in [6.07, 6.45) is 3.98. The van der Waals surface area contributed by atoms with Crippen LogP contribution in [0, 0.1) is 5.92 Å².